The number of nitrogen functional groups attached to an aromatic ring is 1. The summed E-state index contributed by atoms with van der Waals surface area (Å²) in [6.07, 6.45) is 1.66. The second-order valence-corrected chi connectivity index (χ2v) is 12.9. The van der Waals surface area contributed by atoms with Crippen molar-refractivity contribution in [2.75, 3.05) is 25.1 Å². The zero-order chi connectivity index (χ0) is 34.0. The molecule has 248 valence electrons. The van der Waals surface area contributed by atoms with E-state index in [1.165, 1.54) is 25.7 Å². The number of oxime groups is 1. The fourth-order valence-electron chi connectivity index (χ4n) is 4.91. The van der Waals surface area contributed by atoms with Crippen LogP contribution < -0.4 is 20.9 Å². The number of fused-ring (bicyclic) bond motifs is 2. The summed E-state index contributed by atoms with van der Waals surface area (Å²) >= 11 is 8.28. The Morgan fingerprint density at radius 3 is 2.72 bits per heavy atom. The fraction of sp³-hybridized carbons (Fsp3) is 0.333. The summed E-state index contributed by atoms with van der Waals surface area (Å²) in [6.45, 7) is 1.90. The third-order valence-corrected chi connectivity index (χ3v) is 9.60. The third-order valence-electron chi connectivity index (χ3n) is 7.17. The molecule has 2 aliphatic rings. The summed E-state index contributed by atoms with van der Waals surface area (Å²) < 4.78 is 8.83. The van der Waals surface area contributed by atoms with Crippen molar-refractivity contribution < 1.29 is 48.3 Å². The van der Waals surface area contributed by atoms with Gasteiger partial charge in [-0.1, -0.05) is 28.1 Å². The summed E-state index contributed by atoms with van der Waals surface area (Å²) in [5.41, 5.74) is 6.95. The molecule has 2 aliphatic heterocycles. The maximum atomic E-state index is 13.4. The van der Waals surface area contributed by atoms with E-state index >= 15 is 0 Å². The number of carbonyl (C=O) groups excluding carboxylic acids is 3. The zero-order valence-electron chi connectivity index (χ0n) is 24.7. The minimum Gasteiger partial charge on any atom is -0.478 e. The molecule has 5 heterocycles. The van der Waals surface area contributed by atoms with Crippen molar-refractivity contribution in [2.24, 2.45) is 5.16 Å². The van der Waals surface area contributed by atoms with Crippen molar-refractivity contribution >= 4 is 86.4 Å². The number of carboxylic acids is 2. The molecule has 0 spiro atoms. The molecular formula is C27H28ClN8O9S2+. The Labute approximate surface area is 278 Å². The second-order valence-electron chi connectivity index (χ2n) is 10.1. The summed E-state index contributed by atoms with van der Waals surface area (Å²) in [5, 5.41) is 27.1. The van der Waals surface area contributed by atoms with Gasteiger partial charge in [0.05, 0.1) is 6.54 Å². The van der Waals surface area contributed by atoms with E-state index < -0.39 is 53.1 Å². The van der Waals surface area contributed by atoms with E-state index in [1.54, 1.807) is 12.3 Å². The van der Waals surface area contributed by atoms with Gasteiger partial charge in [-0.05, 0) is 13.0 Å². The lowest BCUT2D eigenvalue weighted by Crippen LogP contribution is -2.71. The maximum absolute atomic E-state index is 13.4. The number of nitrogens with two attached hydrogens (primary N) is 1. The van der Waals surface area contributed by atoms with Crippen LogP contribution in [0.4, 0.5) is 9.93 Å². The number of thioether (sulfide) groups is 1. The number of pyridine rings is 1. The van der Waals surface area contributed by atoms with Crippen molar-refractivity contribution in [3.8, 4) is 0 Å². The van der Waals surface area contributed by atoms with Crippen LogP contribution in [0.3, 0.4) is 0 Å². The smallest absolute Gasteiger partial charge is 0.406 e. The predicted octanol–water partition coefficient (Wildman–Crippen LogP) is 0.610. The molecule has 0 unspecified atom stereocenters. The predicted molar refractivity (Wildman–Crippen MR) is 168 cm³/mol. The Morgan fingerprint density at radius 2 is 2.06 bits per heavy atom. The average Bonchev–Trinajstić information content (AvgIpc) is 3.61. The molecule has 20 heteroatoms. The Bertz CT molecular complexity index is 1840. The third kappa shape index (κ3) is 6.81. The number of anilines is 1. The summed E-state index contributed by atoms with van der Waals surface area (Å²) in [4.78, 5) is 71.8. The Hall–Kier alpha value is -4.88. The SMILES string of the molecule is CNC(=O)OCCn1ccc2c1ccc[n+]2CC1=C(C(=O)O)N2C(=O)[C@@H](NC(=O)/C(=N\O[C@@H](C)C(=O)O)c3nc(N)sc3Cl)[C@H]2SC1. The number of ether oxygens (including phenoxy) is 1. The van der Waals surface area contributed by atoms with Gasteiger partial charge in [-0.2, -0.15) is 4.57 Å². The highest BCUT2D eigenvalue weighted by molar-refractivity contribution is 8.00. The van der Waals surface area contributed by atoms with E-state index in [0.29, 0.717) is 12.1 Å². The molecule has 1 fully saturated rings. The largest absolute Gasteiger partial charge is 0.478 e. The number of alkyl carbamates (subject to hydrolysis) is 1. The number of thiazole rings is 1. The van der Waals surface area contributed by atoms with Gasteiger partial charge in [-0.15, -0.1) is 11.8 Å². The number of carboxylic acid groups (broad SMARTS) is 2. The molecule has 3 amide bonds. The minimum absolute atomic E-state index is 0.00874. The van der Waals surface area contributed by atoms with Crippen LogP contribution in [0.1, 0.15) is 12.6 Å². The van der Waals surface area contributed by atoms with E-state index in [4.69, 9.17) is 32.0 Å². The minimum atomic E-state index is -1.42. The lowest BCUT2D eigenvalue weighted by molar-refractivity contribution is -0.663. The van der Waals surface area contributed by atoms with Gasteiger partial charge in [0.15, 0.2) is 23.6 Å². The fourth-order valence-corrected chi connectivity index (χ4v) is 7.17. The van der Waals surface area contributed by atoms with Gasteiger partial charge in [0.25, 0.3) is 11.8 Å². The molecule has 3 aromatic heterocycles. The molecule has 0 aliphatic carbocycles. The van der Waals surface area contributed by atoms with E-state index in [9.17, 15) is 29.1 Å². The van der Waals surface area contributed by atoms with Crippen LogP contribution in [-0.4, -0.2) is 97.1 Å². The number of amides is 3. The molecule has 0 saturated carbocycles. The van der Waals surface area contributed by atoms with Crippen LogP contribution in [0.15, 0.2) is 47.0 Å². The van der Waals surface area contributed by atoms with Crippen LogP contribution in [0, 0.1) is 0 Å². The number of hydrogen-bond acceptors (Lipinski definition) is 12. The number of nitrogens with zero attached hydrogens (tertiary/aromatic N) is 5. The number of hydrogen-bond donors (Lipinski definition) is 5. The molecule has 3 atom stereocenters. The number of rotatable bonds is 12. The van der Waals surface area contributed by atoms with Gasteiger partial charge in [0, 0.05) is 36.7 Å². The van der Waals surface area contributed by atoms with E-state index in [2.05, 4.69) is 20.8 Å². The van der Waals surface area contributed by atoms with Crippen molar-refractivity contribution in [1.82, 2.24) is 25.1 Å². The number of carbonyl (C=O) groups is 5. The molecule has 3 aromatic rings. The van der Waals surface area contributed by atoms with Crippen LogP contribution in [-0.2, 0) is 41.8 Å². The van der Waals surface area contributed by atoms with Crippen LogP contribution >= 0.6 is 34.7 Å². The Balaban J connectivity index is 1.35. The lowest BCUT2D eigenvalue weighted by atomic mass is 10.0. The number of nitrogens with one attached hydrogen (secondary N) is 2. The Morgan fingerprint density at radius 1 is 1.30 bits per heavy atom. The first-order valence-electron chi connectivity index (χ1n) is 13.8. The molecule has 0 bridgehead atoms. The molecule has 17 nitrogen and oxygen atoms in total. The summed E-state index contributed by atoms with van der Waals surface area (Å²) in [5.74, 6) is -4.03. The van der Waals surface area contributed by atoms with Gasteiger partial charge in [-0.25, -0.2) is 19.4 Å². The average molecular weight is 708 g/mol. The van der Waals surface area contributed by atoms with E-state index in [1.807, 2.05) is 27.5 Å². The number of halogens is 1. The number of β-lactam (4-membered cyclic amide) rings is 1. The second kappa shape index (κ2) is 13.9. The normalized spacial score (nSPS) is 18.3. The molecular weight excluding hydrogens is 680 g/mol. The van der Waals surface area contributed by atoms with Gasteiger partial charge >= 0.3 is 18.0 Å². The van der Waals surface area contributed by atoms with Crippen molar-refractivity contribution in [3.05, 3.63) is 51.9 Å². The quantitative estimate of drug-likeness (QED) is 0.0754. The highest BCUT2D eigenvalue weighted by Gasteiger charge is 2.55. The van der Waals surface area contributed by atoms with Crippen LogP contribution in [0.2, 0.25) is 4.34 Å². The first-order chi connectivity index (χ1) is 22.4. The molecule has 5 rings (SSSR count). The molecule has 1 saturated heterocycles. The first kappa shape index (κ1) is 33.5. The molecule has 0 aromatic carbocycles. The van der Waals surface area contributed by atoms with Crippen molar-refractivity contribution in [2.45, 2.75) is 37.5 Å². The highest BCUT2D eigenvalue weighted by Crippen LogP contribution is 2.40. The van der Waals surface area contributed by atoms with E-state index in [0.717, 1.165) is 27.3 Å². The zero-order valence-corrected chi connectivity index (χ0v) is 27.1. The molecule has 0 radical (unpaired) electrons. The van der Waals surface area contributed by atoms with E-state index in [-0.39, 0.29) is 39.8 Å². The van der Waals surface area contributed by atoms with Gasteiger partial charge in [-0.3, -0.25) is 14.5 Å². The maximum Gasteiger partial charge on any atom is 0.406 e. The number of aromatic nitrogens is 3. The lowest BCUT2D eigenvalue weighted by Gasteiger charge is -2.49. The monoisotopic (exact) mass is 707 g/mol. The highest BCUT2D eigenvalue weighted by atomic mass is 35.5. The van der Waals surface area contributed by atoms with Crippen molar-refractivity contribution in [1.29, 1.82) is 0 Å². The molecule has 47 heavy (non-hydrogen) atoms. The summed E-state index contributed by atoms with van der Waals surface area (Å²) in [7, 11) is 1.47. The van der Waals surface area contributed by atoms with Gasteiger partial charge in [0.2, 0.25) is 11.6 Å². The standard InChI is InChI=1S/C27H27ClN8O9S2/c1-12(24(39)40)45-33-17(16-20(28)47-26(29)32-16)21(37)31-18-22(38)36-19(25(41)42)13(11-46-23(18)36)10-35-6-3-4-14-15(35)5-7-34(14)8-9-44-27(43)30-2/h3-7,12,18,23H,8-11H2,1-2H3,(H5-,29,30,31,32,37,39,40,41,42,43)/p+1/b33-17-/t12-,18+,23+/m0/s1. The van der Waals surface area contributed by atoms with Crippen LogP contribution in [0.25, 0.3) is 11.0 Å². The van der Waals surface area contributed by atoms with Gasteiger partial charge < -0.3 is 40.7 Å². The molecule has 6 N–H and O–H groups in total. The first-order valence-corrected chi connectivity index (χ1v) is 16.1. The van der Waals surface area contributed by atoms with Crippen LogP contribution in [0.5, 0.6) is 0 Å². The summed E-state index contributed by atoms with van der Waals surface area (Å²) in [6, 6.07) is 4.41. The Kier molecular flexibility index (Phi) is 9.87. The number of aliphatic carboxylic acids is 2. The van der Waals surface area contributed by atoms with Gasteiger partial charge in [0.1, 0.15) is 39.3 Å². The van der Waals surface area contributed by atoms with Crippen molar-refractivity contribution in [3.63, 3.8) is 0 Å². The topological polar surface area (TPSA) is 232 Å².